The van der Waals surface area contributed by atoms with E-state index in [2.05, 4.69) is 17.6 Å². The van der Waals surface area contributed by atoms with E-state index >= 15 is 0 Å². The molecular weight excluding hydrogens is 364 g/mol. The number of carbonyl (C=O) groups excluding carboxylic acids is 2. The van der Waals surface area contributed by atoms with E-state index < -0.39 is 5.97 Å². The molecule has 3 N–H and O–H groups in total. The fourth-order valence-corrected chi connectivity index (χ4v) is 5.06. The Hall–Kier alpha value is -1.89. The topological polar surface area (TPSA) is 95.5 Å². The molecule has 1 aromatic rings. The molecule has 2 atom stereocenters. The molecular formula is C20H28N2O4S. The number of carboxylic acids is 1. The third-order valence-electron chi connectivity index (χ3n) is 5.39. The van der Waals surface area contributed by atoms with Gasteiger partial charge in [0.15, 0.2) is 0 Å². The Kier molecular flexibility index (Phi) is 6.19. The number of carbonyl (C=O) groups is 3. The van der Waals surface area contributed by atoms with Crippen molar-refractivity contribution in [3.8, 4) is 0 Å². The number of aliphatic carboxylic acids is 1. The molecule has 1 fully saturated rings. The fraction of sp³-hybridized carbons (Fsp3) is 0.650. The van der Waals surface area contributed by atoms with E-state index in [0.717, 1.165) is 44.1 Å². The summed E-state index contributed by atoms with van der Waals surface area (Å²) in [7, 11) is 0. The highest BCUT2D eigenvalue weighted by Gasteiger charge is 2.32. The summed E-state index contributed by atoms with van der Waals surface area (Å²) in [5.41, 5.74) is 1.73. The molecule has 0 bridgehead atoms. The quantitative estimate of drug-likeness (QED) is 0.630. The van der Waals surface area contributed by atoms with Crippen LogP contribution in [0.3, 0.4) is 0 Å². The maximum Gasteiger partial charge on any atom is 0.303 e. The van der Waals surface area contributed by atoms with Crippen LogP contribution in [0.15, 0.2) is 0 Å². The molecule has 2 aliphatic carbocycles. The summed E-state index contributed by atoms with van der Waals surface area (Å²) in [5, 5.41) is 15.5. The number of nitrogens with one attached hydrogen (secondary N) is 2. The fourth-order valence-electron chi connectivity index (χ4n) is 3.68. The van der Waals surface area contributed by atoms with Gasteiger partial charge >= 0.3 is 5.97 Å². The van der Waals surface area contributed by atoms with Gasteiger partial charge in [0.05, 0.1) is 5.56 Å². The van der Waals surface area contributed by atoms with Crippen molar-refractivity contribution in [3.05, 3.63) is 16.0 Å². The first-order valence-electron chi connectivity index (χ1n) is 9.84. The molecule has 1 aromatic heterocycles. The average molecular weight is 393 g/mol. The highest BCUT2D eigenvalue weighted by atomic mass is 32.1. The van der Waals surface area contributed by atoms with Crippen LogP contribution < -0.4 is 10.6 Å². The molecule has 7 heteroatoms. The number of anilines is 1. The first kappa shape index (κ1) is 19.9. The first-order valence-corrected chi connectivity index (χ1v) is 10.7. The summed E-state index contributed by atoms with van der Waals surface area (Å²) < 4.78 is 0. The third-order valence-corrected chi connectivity index (χ3v) is 6.56. The van der Waals surface area contributed by atoms with Crippen LogP contribution in [-0.4, -0.2) is 28.9 Å². The van der Waals surface area contributed by atoms with E-state index in [1.54, 1.807) is 6.92 Å². The van der Waals surface area contributed by atoms with Gasteiger partial charge in [0.2, 0.25) is 5.91 Å². The van der Waals surface area contributed by atoms with Crippen LogP contribution in [0.4, 0.5) is 5.00 Å². The minimum Gasteiger partial charge on any atom is -0.481 e. The summed E-state index contributed by atoms with van der Waals surface area (Å²) in [6, 6.07) is 0.263. The van der Waals surface area contributed by atoms with Gasteiger partial charge in [-0.15, -0.1) is 11.3 Å². The Morgan fingerprint density at radius 1 is 1.22 bits per heavy atom. The molecule has 2 aliphatic rings. The number of rotatable bonds is 8. The van der Waals surface area contributed by atoms with Crippen LogP contribution in [-0.2, 0) is 22.4 Å². The second-order valence-electron chi connectivity index (χ2n) is 7.93. The Balaban J connectivity index is 1.78. The average Bonchev–Trinajstić information content (AvgIpc) is 3.32. The third kappa shape index (κ3) is 5.09. The van der Waals surface area contributed by atoms with E-state index in [4.69, 9.17) is 5.11 Å². The van der Waals surface area contributed by atoms with Gasteiger partial charge in [0, 0.05) is 23.8 Å². The van der Waals surface area contributed by atoms with E-state index in [9.17, 15) is 14.4 Å². The van der Waals surface area contributed by atoms with Gasteiger partial charge in [0.1, 0.15) is 5.00 Å². The number of carboxylic acid groups (broad SMARTS) is 1. The zero-order chi connectivity index (χ0) is 19.6. The lowest BCUT2D eigenvalue weighted by Gasteiger charge is -2.21. The molecule has 0 spiro atoms. The number of thiophene rings is 1. The van der Waals surface area contributed by atoms with Crippen molar-refractivity contribution in [3.63, 3.8) is 0 Å². The standard InChI is InChI=1S/C20H28N2O4S/c1-3-12-4-7-14-15(10-12)27-20(18(14)19(26)21-13-5-6-13)22-16(23)8-11(2)9-17(24)25/h11-13H,3-10H2,1-2H3,(H,21,26)(H,22,23)(H,24,25)/t11-,12+/m0/s1. The van der Waals surface area contributed by atoms with Crippen molar-refractivity contribution in [1.29, 1.82) is 0 Å². The largest absolute Gasteiger partial charge is 0.481 e. The first-order chi connectivity index (χ1) is 12.9. The van der Waals surface area contributed by atoms with Gasteiger partial charge in [-0.05, 0) is 49.5 Å². The lowest BCUT2D eigenvalue weighted by atomic mass is 9.85. The van der Waals surface area contributed by atoms with Gasteiger partial charge in [-0.25, -0.2) is 0 Å². The SMILES string of the molecule is CC[C@@H]1CCc2c(sc(NC(=O)C[C@H](C)CC(=O)O)c2C(=O)NC2CC2)C1. The van der Waals surface area contributed by atoms with Crippen molar-refractivity contribution >= 4 is 34.1 Å². The van der Waals surface area contributed by atoms with Crippen molar-refractivity contribution < 1.29 is 19.5 Å². The van der Waals surface area contributed by atoms with Gasteiger partial charge in [-0.1, -0.05) is 20.3 Å². The van der Waals surface area contributed by atoms with E-state index in [0.29, 0.717) is 16.5 Å². The van der Waals surface area contributed by atoms with Gasteiger partial charge in [-0.3, -0.25) is 14.4 Å². The summed E-state index contributed by atoms with van der Waals surface area (Å²) in [6.45, 7) is 3.94. The molecule has 148 valence electrons. The molecule has 0 unspecified atom stereocenters. The predicted molar refractivity (Wildman–Crippen MR) is 105 cm³/mol. The number of hydrogen-bond acceptors (Lipinski definition) is 4. The summed E-state index contributed by atoms with van der Waals surface area (Å²) >= 11 is 1.52. The predicted octanol–water partition coefficient (Wildman–Crippen LogP) is 3.59. The maximum atomic E-state index is 12.8. The smallest absolute Gasteiger partial charge is 0.303 e. The van der Waals surface area contributed by atoms with Gasteiger partial charge < -0.3 is 15.7 Å². The summed E-state index contributed by atoms with van der Waals surface area (Å²) in [4.78, 5) is 37.3. The molecule has 0 radical (unpaired) electrons. The molecule has 3 rings (SSSR count). The van der Waals surface area contributed by atoms with E-state index in [1.165, 1.54) is 16.2 Å². The minimum atomic E-state index is -0.906. The molecule has 2 amide bonds. The lowest BCUT2D eigenvalue weighted by molar-refractivity contribution is -0.138. The number of hydrogen-bond donors (Lipinski definition) is 3. The van der Waals surface area contributed by atoms with Crippen LogP contribution in [0.1, 0.15) is 73.2 Å². The molecule has 0 saturated heterocycles. The number of amides is 2. The highest BCUT2D eigenvalue weighted by Crippen LogP contribution is 2.41. The van der Waals surface area contributed by atoms with E-state index in [1.807, 2.05) is 0 Å². The molecule has 0 aliphatic heterocycles. The van der Waals surface area contributed by atoms with Crippen LogP contribution in [0.25, 0.3) is 0 Å². The van der Waals surface area contributed by atoms with Crippen molar-refractivity contribution in [2.24, 2.45) is 11.8 Å². The summed E-state index contributed by atoms with van der Waals surface area (Å²) in [6.07, 6.45) is 6.17. The highest BCUT2D eigenvalue weighted by molar-refractivity contribution is 7.17. The maximum absolute atomic E-state index is 12.8. The zero-order valence-electron chi connectivity index (χ0n) is 16.0. The molecule has 6 nitrogen and oxygen atoms in total. The van der Waals surface area contributed by atoms with Crippen LogP contribution >= 0.6 is 11.3 Å². The van der Waals surface area contributed by atoms with Crippen molar-refractivity contribution in [2.45, 2.75) is 71.3 Å². The monoisotopic (exact) mass is 392 g/mol. The Morgan fingerprint density at radius 3 is 2.59 bits per heavy atom. The number of fused-ring (bicyclic) bond motifs is 1. The molecule has 0 aromatic carbocycles. The molecule has 27 heavy (non-hydrogen) atoms. The van der Waals surface area contributed by atoms with Crippen LogP contribution in [0.2, 0.25) is 0 Å². The van der Waals surface area contributed by atoms with Crippen LogP contribution in [0.5, 0.6) is 0 Å². The Labute approximate surface area is 163 Å². The Bertz CT molecular complexity index is 739. The van der Waals surface area contributed by atoms with Crippen molar-refractivity contribution in [2.75, 3.05) is 5.32 Å². The van der Waals surface area contributed by atoms with Crippen LogP contribution in [0, 0.1) is 11.8 Å². The second-order valence-corrected chi connectivity index (χ2v) is 9.03. The lowest BCUT2D eigenvalue weighted by Crippen LogP contribution is -2.28. The summed E-state index contributed by atoms with van der Waals surface area (Å²) in [5.74, 6) is -0.828. The zero-order valence-corrected chi connectivity index (χ0v) is 16.8. The molecule has 1 heterocycles. The van der Waals surface area contributed by atoms with Gasteiger partial charge in [-0.2, -0.15) is 0 Å². The second kappa shape index (κ2) is 8.42. The van der Waals surface area contributed by atoms with E-state index in [-0.39, 0.29) is 36.6 Å². The molecule has 1 saturated carbocycles. The van der Waals surface area contributed by atoms with Gasteiger partial charge in [0.25, 0.3) is 5.91 Å². The Morgan fingerprint density at radius 2 is 1.96 bits per heavy atom. The minimum absolute atomic E-state index is 0.0401. The van der Waals surface area contributed by atoms with Crippen molar-refractivity contribution in [1.82, 2.24) is 5.32 Å². The normalized spacial score (nSPS) is 19.9.